The molecular formula is C15H16N2O3S. The maximum Gasteiger partial charge on any atom is 0.260 e. The zero-order valence-corrected chi connectivity index (χ0v) is 12.9. The van der Waals surface area contributed by atoms with Crippen LogP contribution in [0.1, 0.15) is 10.4 Å². The van der Waals surface area contributed by atoms with Crippen molar-refractivity contribution < 1.29 is 9.53 Å². The molecule has 1 aromatic heterocycles. The van der Waals surface area contributed by atoms with Crippen molar-refractivity contribution in [3.63, 3.8) is 0 Å². The molecule has 1 aromatic carbocycles. The number of anilines is 1. The molecule has 2 rings (SSSR count). The zero-order chi connectivity index (χ0) is 15.4. The SMILES string of the molecule is COc1cc(=O)n(C)cc1C(=O)Nc1ccccc1SC. The van der Waals surface area contributed by atoms with Crippen LogP contribution in [0.5, 0.6) is 5.75 Å². The molecule has 0 spiro atoms. The number of pyridine rings is 1. The minimum atomic E-state index is -0.316. The number of rotatable bonds is 4. The standard InChI is InChI=1S/C15H16N2O3S/c1-17-9-10(12(20-2)8-14(17)18)15(19)16-11-6-4-5-7-13(11)21-3/h4-9H,1-3H3,(H,16,19). The Morgan fingerprint density at radius 1 is 1.33 bits per heavy atom. The molecule has 0 saturated heterocycles. The highest BCUT2D eigenvalue weighted by Crippen LogP contribution is 2.26. The van der Waals surface area contributed by atoms with Crippen molar-refractivity contribution in [2.45, 2.75) is 4.90 Å². The van der Waals surface area contributed by atoms with Gasteiger partial charge in [0.2, 0.25) is 0 Å². The fourth-order valence-electron chi connectivity index (χ4n) is 1.89. The topological polar surface area (TPSA) is 60.3 Å². The van der Waals surface area contributed by atoms with Crippen LogP contribution in [-0.4, -0.2) is 23.8 Å². The molecular weight excluding hydrogens is 288 g/mol. The monoisotopic (exact) mass is 304 g/mol. The Labute approximate surface area is 126 Å². The van der Waals surface area contributed by atoms with E-state index in [2.05, 4.69) is 5.32 Å². The number of thioether (sulfide) groups is 1. The van der Waals surface area contributed by atoms with Gasteiger partial charge in [-0.2, -0.15) is 0 Å². The van der Waals surface area contributed by atoms with Gasteiger partial charge in [0.15, 0.2) is 0 Å². The number of nitrogens with one attached hydrogen (secondary N) is 1. The van der Waals surface area contributed by atoms with E-state index in [1.54, 1.807) is 18.8 Å². The summed E-state index contributed by atoms with van der Waals surface area (Å²) in [6.07, 6.45) is 3.41. The number of carbonyl (C=O) groups is 1. The first kappa shape index (κ1) is 15.2. The van der Waals surface area contributed by atoms with Crippen LogP contribution in [0.3, 0.4) is 0 Å². The normalized spacial score (nSPS) is 10.2. The van der Waals surface area contributed by atoms with E-state index in [9.17, 15) is 9.59 Å². The number of aromatic nitrogens is 1. The molecule has 1 heterocycles. The highest BCUT2D eigenvalue weighted by molar-refractivity contribution is 7.98. The summed E-state index contributed by atoms with van der Waals surface area (Å²) in [5, 5.41) is 2.84. The summed E-state index contributed by atoms with van der Waals surface area (Å²) in [6.45, 7) is 0. The van der Waals surface area contributed by atoms with Crippen LogP contribution in [0.25, 0.3) is 0 Å². The Kier molecular flexibility index (Phi) is 4.70. The summed E-state index contributed by atoms with van der Waals surface area (Å²) < 4.78 is 6.46. The lowest BCUT2D eigenvalue weighted by Gasteiger charge is -2.12. The van der Waals surface area contributed by atoms with E-state index in [0.29, 0.717) is 5.56 Å². The second kappa shape index (κ2) is 6.49. The minimum Gasteiger partial charge on any atom is -0.496 e. The lowest BCUT2D eigenvalue weighted by Crippen LogP contribution is -2.21. The van der Waals surface area contributed by atoms with Crippen molar-refractivity contribution in [1.29, 1.82) is 0 Å². The van der Waals surface area contributed by atoms with Crippen LogP contribution in [0.15, 0.2) is 46.2 Å². The van der Waals surface area contributed by atoms with E-state index in [0.717, 1.165) is 10.6 Å². The molecule has 1 amide bonds. The summed E-state index contributed by atoms with van der Waals surface area (Å²) in [4.78, 5) is 25.0. The molecule has 0 aliphatic heterocycles. The number of carbonyl (C=O) groups excluding carboxylic acids is 1. The van der Waals surface area contributed by atoms with Gasteiger partial charge in [0.05, 0.1) is 18.4 Å². The predicted octanol–water partition coefficient (Wildman–Crippen LogP) is 2.37. The molecule has 0 bridgehead atoms. The van der Waals surface area contributed by atoms with Crippen LogP contribution in [-0.2, 0) is 7.05 Å². The van der Waals surface area contributed by atoms with Gasteiger partial charge in [-0.1, -0.05) is 12.1 Å². The first-order valence-electron chi connectivity index (χ1n) is 6.26. The fourth-order valence-corrected chi connectivity index (χ4v) is 2.44. The number of hydrogen-bond acceptors (Lipinski definition) is 4. The van der Waals surface area contributed by atoms with E-state index in [1.165, 1.54) is 23.9 Å². The average molecular weight is 304 g/mol. The van der Waals surface area contributed by atoms with Gasteiger partial charge < -0.3 is 14.6 Å². The maximum absolute atomic E-state index is 12.4. The van der Waals surface area contributed by atoms with Crippen LogP contribution in [0.4, 0.5) is 5.69 Å². The lowest BCUT2D eigenvalue weighted by atomic mass is 10.2. The van der Waals surface area contributed by atoms with Crippen molar-refractivity contribution in [2.24, 2.45) is 7.05 Å². The fraction of sp³-hybridized carbons (Fsp3) is 0.200. The molecule has 2 aromatic rings. The molecule has 0 saturated carbocycles. The maximum atomic E-state index is 12.4. The van der Waals surface area contributed by atoms with Gasteiger partial charge in [0.25, 0.3) is 11.5 Å². The lowest BCUT2D eigenvalue weighted by molar-refractivity contribution is 0.102. The molecule has 0 radical (unpaired) electrons. The van der Waals surface area contributed by atoms with Gasteiger partial charge in [0, 0.05) is 24.2 Å². The third kappa shape index (κ3) is 3.28. The zero-order valence-electron chi connectivity index (χ0n) is 12.0. The average Bonchev–Trinajstić information content (AvgIpc) is 2.50. The number of nitrogens with zero attached hydrogens (tertiary/aromatic N) is 1. The third-order valence-electron chi connectivity index (χ3n) is 3.01. The van der Waals surface area contributed by atoms with Gasteiger partial charge >= 0.3 is 0 Å². The van der Waals surface area contributed by atoms with Crippen molar-refractivity contribution in [3.05, 3.63) is 52.4 Å². The molecule has 0 atom stereocenters. The van der Waals surface area contributed by atoms with E-state index >= 15 is 0 Å². The summed E-state index contributed by atoms with van der Waals surface area (Å²) in [7, 11) is 3.02. The Morgan fingerprint density at radius 3 is 2.71 bits per heavy atom. The summed E-state index contributed by atoms with van der Waals surface area (Å²) in [6, 6.07) is 8.83. The predicted molar refractivity (Wildman–Crippen MR) is 84.4 cm³/mol. The first-order valence-corrected chi connectivity index (χ1v) is 7.48. The van der Waals surface area contributed by atoms with E-state index < -0.39 is 0 Å². The number of benzene rings is 1. The van der Waals surface area contributed by atoms with Crippen molar-refractivity contribution in [2.75, 3.05) is 18.7 Å². The Balaban J connectivity index is 2.37. The van der Waals surface area contributed by atoms with Gasteiger partial charge in [-0.3, -0.25) is 9.59 Å². The second-order valence-corrected chi connectivity index (χ2v) is 5.21. The molecule has 5 nitrogen and oxygen atoms in total. The second-order valence-electron chi connectivity index (χ2n) is 4.36. The van der Waals surface area contributed by atoms with Gasteiger partial charge in [-0.25, -0.2) is 0 Å². The Morgan fingerprint density at radius 2 is 2.05 bits per heavy atom. The number of ether oxygens (including phenoxy) is 1. The largest absolute Gasteiger partial charge is 0.496 e. The third-order valence-corrected chi connectivity index (χ3v) is 3.81. The van der Waals surface area contributed by atoms with E-state index in [-0.39, 0.29) is 17.2 Å². The number of amides is 1. The van der Waals surface area contributed by atoms with Crippen LogP contribution in [0.2, 0.25) is 0 Å². The number of para-hydroxylation sites is 1. The molecule has 1 N–H and O–H groups in total. The summed E-state index contributed by atoms with van der Waals surface area (Å²) >= 11 is 1.55. The number of aryl methyl sites for hydroxylation is 1. The summed E-state index contributed by atoms with van der Waals surface area (Å²) in [5.41, 5.74) is 0.814. The molecule has 21 heavy (non-hydrogen) atoms. The smallest absolute Gasteiger partial charge is 0.260 e. The minimum absolute atomic E-state index is 0.229. The van der Waals surface area contributed by atoms with Crippen molar-refractivity contribution in [1.82, 2.24) is 4.57 Å². The number of methoxy groups -OCH3 is 1. The summed E-state index contributed by atoms with van der Waals surface area (Å²) in [5.74, 6) is -0.0545. The van der Waals surface area contributed by atoms with Crippen molar-refractivity contribution in [3.8, 4) is 5.75 Å². The van der Waals surface area contributed by atoms with Gasteiger partial charge in [-0.05, 0) is 18.4 Å². The van der Waals surface area contributed by atoms with E-state index in [1.807, 2.05) is 30.5 Å². The quantitative estimate of drug-likeness (QED) is 0.881. The number of hydrogen-bond donors (Lipinski definition) is 1. The van der Waals surface area contributed by atoms with Crippen molar-refractivity contribution >= 4 is 23.4 Å². The van der Waals surface area contributed by atoms with Crippen LogP contribution < -0.4 is 15.6 Å². The molecule has 0 unspecified atom stereocenters. The Bertz CT molecular complexity index is 725. The van der Waals surface area contributed by atoms with Crippen LogP contribution >= 0.6 is 11.8 Å². The molecule has 0 aliphatic carbocycles. The van der Waals surface area contributed by atoms with Crippen LogP contribution in [0, 0.1) is 0 Å². The first-order chi connectivity index (χ1) is 10.1. The van der Waals surface area contributed by atoms with Gasteiger partial charge in [-0.15, -0.1) is 11.8 Å². The molecule has 6 heteroatoms. The molecule has 0 aliphatic rings. The highest BCUT2D eigenvalue weighted by atomic mass is 32.2. The molecule has 110 valence electrons. The highest BCUT2D eigenvalue weighted by Gasteiger charge is 2.15. The van der Waals surface area contributed by atoms with E-state index in [4.69, 9.17) is 4.74 Å². The van der Waals surface area contributed by atoms with Gasteiger partial charge in [0.1, 0.15) is 5.75 Å². The molecule has 0 fully saturated rings. The Hall–Kier alpha value is -2.21.